The molecule has 2 rings (SSSR count). The van der Waals surface area contributed by atoms with Crippen LogP contribution in [0.25, 0.3) is 6.08 Å². The van der Waals surface area contributed by atoms with Crippen molar-refractivity contribution in [1.29, 1.82) is 0 Å². The number of non-ortho nitro benzene ring substituents is 1. The third kappa shape index (κ3) is 5.26. The number of allylic oxidation sites excluding steroid dienone is 1. The Labute approximate surface area is 149 Å². The van der Waals surface area contributed by atoms with Crippen LogP contribution in [0.4, 0.5) is 5.69 Å². The minimum absolute atomic E-state index is 0.0125. The summed E-state index contributed by atoms with van der Waals surface area (Å²) in [6, 6.07) is 13.1. The predicted molar refractivity (Wildman–Crippen MR) is 96.7 cm³/mol. The Morgan fingerprint density at radius 2 is 2.00 bits per heavy atom. The Morgan fingerprint density at radius 3 is 2.60 bits per heavy atom. The molecule has 0 spiro atoms. The first-order chi connectivity index (χ1) is 12.0. The van der Waals surface area contributed by atoms with Crippen molar-refractivity contribution in [3.05, 3.63) is 80.9 Å². The van der Waals surface area contributed by atoms with E-state index in [2.05, 4.69) is 5.16 Å². The van der Waals surface area contributed by atoms with Crippen LogP contribution in [0.15, 0.2) is 59.8 Å². The molecule has 0 unspecified atom stereocenters. The topological polar surface area (TPSA) is 81.8 Å². The van der Waals surface area contributed by atoms with E-state index in [4.69, 9.17) is 16.4 Å². The van der Waals surface area contributed by atoms with Crippen molar-refractivity contribution in [2.24, 2.45) is 5.16 Å². The molecule has 0 aromatic heterocycles. The smallest absolute Gasteiger partial charge is 0.312 e. The normalized spacial score (nSPS) is 11.5. The van der Waals surface area contributed by atoms with Crippen LogP contribution in [0, 0.1) is 10.1 Å². The molecule has 2 aromatic rings. The van der Waals surface area contributed by atoms with Crippen molar-refractivity contribution in [2.75, 3.05) is 0 Å². The monoisotopic (exact) mass is 358 g/mol. The number of oxime groups is 1. The number of carbonyl (C=O) groups excluding carboxylic acids is 1. The quantitative estimate of drug-likeness (QED) is 0.319. The minimum atomic E-state index is -0.779. The molecule has 0 heterocycles. The highest BCUT2D eigenvalue weighted by Crippen LogP contribution is 2.23. The van der Waals surface area contributed by atoms with Gasteiger partial charge in [0.25, 0.3) is 5.69 Å². The Kier molecular flexibility index (Phi) is 6.42. The van der Waals surface area contributed by atoms with Crippen molar-refractivity contribution < 1.29 is 14.6 Å². The number of nitrogens with zero attached hydrogens (tertiary/aromatic N) is 2. The fraction of sp³-hybridized carbons (Fsp3) is 0.111. The van der Waals surface area contributed by atoms with E-state index >= 15 is 0 Å². The molecule has 0 aliphatic heterocycles. The maximum absolute atomic E-state index is 12.0. The zero-order chi connectivity index (χ0) is 18.2. The van der Waals surface area contributed by atoms with Crippen LogP contribution in [0.5, 0.6) is 0 Å². The standard InChI is InChI=1S/C18H15ClN2O4/c1-2-14(9-8-13-6-4-3-5-7-13)20-25-18(22)16-11-10-15(21(23)24)12-17(16)19/h3-12H,2H2,1H3. The molecule has 0 saturated carbocycles. The highest BCUT2D eigenvalue weighted by Gasteiger charge is 2.16. The molecular formula is C18H15ClN2O4. The maximum atomic E-state index is 12.0. The molecule has 2 aromatic carbocycles. The number of benzene rings is 2. The van der Waals surface area contributed by atoms with Crippen LogP contribution in [-0.2, 0) is 4.84 Å². The number of nitro groups is 1. The van der Waals surface area contributed by atoms with Gasteiger partial charge in [0.15, 0.2) is 0 Å². The highest BCUT2D eigenvalue weighted by atomic mass is 35.5. The second kappa shape index (κ2) is 8.75. The fourth-order valence-electron chi connectivity index (χ4n) is 1.90. The highest BCUT2D eigenvalue weighted by molar-refractivity contribution is 6.33. The van der Waals surface area contributed by atoms with Gasteiger partial charge in [0.2, 0.25) is 0 Å². The van der Waals surface area contributed by atoms with Crippen LogP contribution in [-0.4, -0.2) is 16.6 Å². The molecule has 0 N–H and O–H groups in total. The van der Waals surface area contributed by atoms with Gasteiger partial charge in [0.1, 0.15) is 0 Å². The molecule has 0 radical (unpaired) electrons. The fourth-order valence-corrected chi connectivity index (χ4v) is 2.15. The van der Waals surface area contributed by atoms with Crippen molar-refractivity contribution >= 4 is 35.0 Å². The molecule has 7 heteroatoms. The molecule has 0 fully saturated rings. The molecule has 128 valence electrons. The number of carbonyl (C=O) groups is 1. The largest absolute Gasteiger partial charge is 0.367 e. The zero-order valence-corrected chi connectivity index (χ0v) is 14.1. The van der Waals surface area contributed by atoms with E-state index < -0.39 is 10.9 Å². The van der Waals surface area contributed by atoms with Crippen LogP contribution < -0.4 is 0 Å². The number of hydrogen-bond acceptors (Lipinski definition) is 5. The summed E-state index contributed by atoms with van der Waals surface area (Å²) >= 11 is 5.89. The molecule has 0 amide bonds. The maximum Gasteiger partial charge on any atom is 0.367 e. The van der Waals surface area contributed by atoms with Gasteiger partial charge in [-0.15, -0.1) is 0 Å². The zero-order valence-electron chi connectivity index (χ0n) is 13.4. The number of hydrogen-bond donors (Lipinski definition) is 0. The molecule has 25 heavy (non-hydrogen) atoms. The summed E-state index contributed by atoms with van der Waals surface area (Å²) in [6.07, 6.45) is 4.17. The average molecular weight is 359 g/mol. The lowest BCUT2D eigenvalue weighted by molar-refractivity contribution is -0.384. The molecule has 0 atom stereocenters. The number of halogens is 1. The van der Waals surface area contributed by atoms with E-state index in [0.717, 1.165) is 11.6 Å². The van der Waals surface area contributed by atoms with Crippen LogP contribution in [0.2, 0.25) is 5.02 Å². The Balaban J connectivity index is 2.09. The summed E-state index contributed by atoms with van der Waals surface area (Å²) in [7, 11) is 0. The van der Waals surface area contributed by atoms with Crippen molar-refractivity contribution in [3.63, 3.8) is 0 Å². The molecule has 6 nitrogen and oxygen atoms in total. The second-order valence-electron chi connectivity index (χ2n) is 4.98. The van der Waals surface area contributed by atoms with Crippen LogP contribution in [0.3, 0.4) is 0 Å². The molecule has 0 aliphatic carbocycles. The minimum Gasteiger partial charge on any atom is -0.312 e. The number of rotatable bonds is 6. The lowest BCUT2D eigenvalue weighted by Gasteiger charge is -2.02. The van der Waals surface area contributed by atoms with Gasteiger partial charge in [-0.1, -0.05) is 60.1 Å². The van der Waals surface area contributed by atoms with E-state index in [-0.39, 0.29) is 16.3 Å². The summed E-state index contributed by atoms with van der Waals surface area (Å²) in [5, 5.41) is 14.4. The van der Waals surface area contributed by atoms with Gasteiger partial charge < -0.3 is 4.84 Å². The Bertz CT molecular complexity index is 832. The van der Waals surface area contributed by atoms with Gasteiger partial charge in [0.05, 0.1) is 21.2 Å². The summed E-state index contributed by atoms with van der Waals surface area (Å²) in [5.41, 5.74) is 1.37. The summed E-state index contributed by atoms with van der Waals surface area (Å²) in [6.45, 7) is 1.88. The van der Waals surface area contributed by atoms with Gasteiger partial charge in [-0.2, -0.15) is 0 Å². The van der Waals surface area contributed by atoms with Crippen molar-refractivity contribution in [2.45, 2.75) is 13.3 Å². The summed E-state index contributed by atoms with van der Waals surface area (Å²) in [4.78, 5) is 27.0. The lowest BCUT2D eigenvalue weighted by Crippen LogP contribution is -2.04. The van der Waals surface area contributed by atoms with Gasteiger partial charge in [-0.3, -0.25) is 10.1 Å². The van der Waals surface area contributed by atoms with E-state index in [0.29, 0.717) is 12.1 Å². The third-order valence-electron chi connectivity index (χ3n) is 3.26. The average Bonchev–Trinajstić information content (AvgIpc) is 2.62. The van der Waals surface area contributed by atoms with Gasteiger partial charge >= 0.3 is 5.97 Å². The van der Waals surface area contributed by atoms with Gasteiger partial charge in [-0.25, -0.2) is 4.79 Å². The Hall–Kier alpha value is -2.99. The molecule has 0 saturated heterocycles. The van der Waals surface area contributed by atoms with Gasteiger partial charge in [-0.05, 0) is 24.1 Å². The van der Waals surface area contributed by atoms with Crippen molar-refractivity contribution in [1.82, 2.24) is 0 Å². The second-order valence-corrected chi connectivity index (χ2v) is 5.39. The van der Waals surface area contributed by atoms with Crippen molar-refractivity contribution in [3.8, 4) is 0 Å². The molecule has 0 bridgehead atoms. The third-order valence-corrected chi connectivity index (χ3v) is 3.57. The first-order valence-corrected chi connectivity index (χ1v) is 7.84. The molecular weight excluding hydrogens is 344 g/mol. The predicted octanol–water partition coefficient (Wildman–Crippen LogP) is 4.88. The van der Waals surface area contributed by atoms with Crippen LogP contribution >= 0.6 is 11.6 Å². The van der Waals surface area contributed by atoms with Gasteiger partial charge in [0, 0.05) is 12.1 Å². The first kappa shape index (κ1) is 18.4. The van der Waals surface area contributed by atoms with E-state index in [1.807, 2.05) is 43.3 Å². The first-order valence-electron chi connectivity index (χ1n) is 7.46. The van der Waals surface area contributed by atoms with E-state index in [1.54, 1.807) is 6.08 Å². The Morgan fingerprint density at radius 1 is 1.28 bits per heavy atom. The molecule has 0 aliphatic rings. The SMILES string of the molecule is CCC(C=Cc1ccccc1)=NOC(=O)c1ccc([N+](=O)[O-])cc1Cl. The van der Waals surface area contributed by atoms with E-state index in [1.165, 1.54) is 12.1 Å². The number of nitro benzene ring substituents is 1. The summed E-state index contributed by atoms with van der Waals surface area (Å²) < 4.78 is 0. The van der Waals surface area contributed by atoms with E-state index in [9.17, 15) is 14.9 Å². The van der Waals surface area contributed by atoms with Crippen LogP contribution in [0.1, 0.15) is 29.3 Å². The lowest BCUT2D eigenvalue weighted by atomic mass is 10.2. The summed E-state index contributed by atoms with van der Waals surface area (Å²) in [5.74, 6) is -0.779.